The SMILES string of the molecule is CNC(C)(C)C(C)c1cc(OC)cc(OC)c1. The second-order valence-corrected chi connectivity index (χ2v) is 4.84. The minimum Gasteiger partial charge on any atom is -0.497 e. The molecule has 0 heterocycles. The van der Waals surface area contributed by atoms with Gasteiger partial charge in [0.2, 0.25) is 0 Å². The standard InChI is InChI=1S/C14H23NO2/c1-10(14(2,3)15-4)11-7-12(16-5)9-13(8-11)17-6/h7-10,15H,1-6H3. The van der Waals surface area contributed by atoms with Gasteiger partial charge in [-0.1, -0.05) is 6.92 Å². The van der Waals surface area contributed by atoms with Gasteiger partial charge in [-0.2, -0.15) is 0 Å². The molecule has 0 fully saturated rings. The third kappa shape index (κ3) is 3.13. The van der Waals surface area contributed by atoms with E-state index in [4.69, 9.17) is 9.47 Å². The maximum Gasteiger partial charge on any atom is 0.122 e. The summed E-state index contributed by atoms with van der Waals surface area (Å²) < 4.78 is 10.6. The van der Waals surface area contributed by atoms with Crippen LogP contribution in [0.25, 0.3) is 0 Å². The third-order valence-electron chi connectivity index (χ3n) is 3.60. The van der Waals surface area contributed by atoms with Crippen LogP contribution >= 0.6 is 0 Å². The molecule has 3 heteroatoms. The van der Waals surface area contributed by atoms with Crippen molar-refractivity contribution in [1.29, 1.82) is 0 Å². The first-order chi connectivity index (χ1) is 7.94. The molecule has 0 aliphatic heterocycles. The van der Waals surface area contributed by atoms with E-state index >= 15 is 0 Å². The first kappa shape index (κ1) is 13.8. The summed E-state index contributed by atoms with van der Waals surface area (Å²) in [5, 5.41) is 3.33. The molecule has 0 aliphatic carbocycles. The molecule has 0 amide bonds. The first-order valence-electron chi connectivity index (χ1n) is 5.86. The van der Waals surface area contributed by atoms with Gasteiger partial charge in [-0.05, 0) is 44.5 Å². The smallest absolute Gasteiger partial charge is 0.122 e. The van der Waals surface area contributed by atoms with Crippen molar-refractivity contribution in [2.24, 2.45) is 0 Å². The highest BCUT2D eigenvalue weighted by molar-refractivity contribution is 5.40. The first-order valence-corrected chi connectivity index (χ1v) is 5.86. The molecule has 3 nitrogen and oxygen atoms in total. The van der Waals surface area contributed by atoms with Crippen LogP contribution in [0.2, 0.25) is 0 Å². The molecule has 1 aromatic rings. The van der Waals surface area contributed by atoms with E-state index in [-0.39, 0.29) is 5.54 Å². The molecule has 1 rings (SSSR count). The Bertz CT molecular complexity index is 352. The normalized spacial score (nSPS) is 13.3. The van der Waals surface area contributed by atoms with E-state index in [1.165, 1.54) is 5.56 Å². The van der Waals surface area contributed by atoms with Gasteiger partial charge < -0.3 is 14.8 Å². The summed E-state index contributed by atoms with van der Waals surface area (Å²) in [5.74, 6) is 2.02. The van der Waals surface area contributed by atoms with Crippen molar-refractivity contribution in [3.05, 3.63) is 23.8 Å². The van der Waals surface area contributed by atoms with E-state index in [2.05, 4.69) is 38.2 Å². The van der Waals surface area contributed by atoms with E-state index in [0.717, 1.165) is 11.5 Å². The summed E-state index contributed by atoms with van der Waals surface area (Å²) in [4.78, 5) is 0. The van der Waals surface area contributed by atoms with E-state index < -0.39 is 0 Å². The monoisotopic (exact) mass is 237 g/mol. The molecule has 96 valence electrons. The highest BCUT2D eigenvalue weighted by Crippen LogP contribution is 2.32. The molecule has 0 radical (unpaired) electrons. The van der Waals surface area contributed by atoms with Crippen LogP contribution in [0.3, 0.4) is 0 Å². The number of hydrogen-bond donors (Lipinski definition) is 1. The second kappa shape index (κ2) is 5.41. The van der Waals surface area contributed by atoms with Gasteiger partial charge in [0.25, 0.3) is 0 Å². The molecule has 1 N–H and O–H groups in total. The topological polar surface area (TPSA) is 30.5 Å². The van der Waals surface area contributed by atoms with Crippen LogP contribution in [0.1, 0.15) is 32.3 Å². The molecule has 1 aromatic carbocycles. The van der Waals surface area contributed by atoms with E-state index in [1.54, 1.807) is 14.2 Å². The Morgan fingerprint density at radius 3 is 1.88 bits per heavy atom. The second-order valence-electron chi connectivity index (χ2n) is 4.84. The fourth-order valence-corrected chi connectivity index (χ4v) is 1.71. The van der Waals surface area contributed by atoms with Crippen molar-refractivity contribution in [3.63, 3.8) is 0 Å². The molecule has 0 spiro atoms. The number of rotatable bonds is 5. The largest absolute Gasteiger partial charge is 0.497 e. The summed E-state index contributed by atoms with van der Waals surface area (Å²) in [5.41, 5.74) is 1.23. The Hall–Kier alpha value is -1.22. The van der Waals surface area contributed by atoms with Gasteiger partial charge in [0.15, 0.2) is 0 Å². The quantitative estimate of drug-likeness (QED) is 0.854. The molecule has 0 aromatic heterocycles. The lowest BCUT2D eigenvalue weighted by Crippen LogP contribution is -2.41. The van der Waals surface area contributed by atoms with Crippen LogP contribution in [0, 0.1) is 0 Å². The van der Waals surface area contributed by atoms with Gasteiger partial charge in [-0.25, -0.2) is 0 Å². The number of likely N-dealkylation sites (N-methyl/N-ethyl adjacent to an activating group) is 1. The molecule has 0 saturated heterocycles. The zero-order chi connectivity index (χ0) is 13.1. The number of benzene rings is 1. The van der Waals surface area contributed by atoms with Gasteiger partial charge >= 0.3 is 0 Å². The van der Waals surface area contributed by atoms with Crippen LogP contribution in [-0.2, 0) is 0 Å². The molecular weight excluding hydrogens is 214 g/mol. The van der Waals surface area contributed by atoms with Gasteiger partial charge in [-0.3, -0.25) is 0 Å². The number of hydrogen-bond acceptors (Lipinski definition) is 3. The Morgan fingerprint density at radius 2 is 1.53 bits per heavy atom. The van der Waals surface area contributed by atoms with Gasteiger partial charge in [0, 0.05) is 11.6 Å². The van der Waals surface area contributed by atoms with Gasteiger partial charge in [0.1, 0.15) is 11.5 Å². The third-order valence-corrected chi connectivity index (χ3v) is 3.60. The molecule has 1 atom stereocenters. The Labute approximate surface area is 104 Å². The van der Waals surface area contributed by atoms with Gasteiger partial charge in [-0.15, -0.1) is 0 Å². The summed E-state index contributed by atoms with van der Waals surface area (Å²) in [6.45, 7) is 6.57. The minimum absolute atomic E-state index is 0.0252. The number of nitrogens with one attached hydrogen (secondary N) is 1. The molecule has 0 aliphatic rings. The molecular formula is C14H23NO2. The van der Waals surface area contributed by atoms with Crippen LogP contribution in [-0.4, -0.2) is 26.8 Å². The molecule has 0 saturated carbocycles. The molecule has 0 bridgehead atoms. The lowest BCUT2D eigenvalue weighted by atomic mass is 9.83. The Morgan fingerprint density at radius 1 is 1.06 bits per heavy atom. The maximum atomic E-state index is 5.29. The number of ether oxygens (including phenoxy) is 2. The van der Waals surface area contributed by atoms with Crippen LogP contribution in [0.5, 0.6) is 11.5 Å². The van der Waals surface area contributed by atoms with Crippen LogP contribution < -0.4 is 14.8 Å². The Balaban J connectivity index is 3.12. The van der Waals surface area contributed by atoms with Gasteiger partial charge in [0.05, 0.1) is 14.2 Å². The summed E-state index contributed by atoms with van der Waals surface area (Å²) in [7, 11) is 5.33. The van der Waals surface area contributed by atoms with Crippen molar-refractivity contribution >= 4 is 0 Å². The van der Waals surface area contributed by atoms with E-state index in [0.29, 0.717) is 5.92 Å². The minimum atomic E-state index is 0.0252. The number of methoxy groups -OCH3 is 2. The zero-order valence-corrected chi connectivity index (χ0v) is 11.6. The lowest BCUT2D eigenvalue weighted by molar-refractivity contribution is 0.354. The van der Waals surface area contributed by atoms with E-state index in [9.17, 15) is 0 Å². The van der Waals surface area contributed by atoms with Crippen LogP contribution in [0.4, 0.5) is 0 Å². The van der Waals surface area contributed by atoms with Crippen LogP contribution in [0.15, 0.2) is 18.2 Å². The van der Waals surface area contributed by atoms with Crippen molar-refractivity contribution in [2.75, 3.05) is 21.3 Å². The summed E-state index contributed by atoms with van der Waals surface area (Å²) >= 11 is 0. The van der Waals surface area contributed by atoms with Crippen molar-refractivity contribution in [3.8, 4) is 11.5 Å². The average molecular weight is 237 g/mol. The molecule has 1 unspecified atom stereocenters. The van der Waals surface area contributed by atoms with Crippen molar-refractivity contribution in [1.82, 2.24) is 5.32 Å². The predicted octanol–water partition coefficient (Wildman–Crippen LogP) is 2.81. The highest BCUT2D eigenvalue weighted by Gasteiger charge is 2.25. The van der Waals surface area contributed by atoms with E-state index in [1.807, 2.05) is 13.1 Å². The zero-order valence-electron chi connectivity index (χ0n) is 11.6. The van der Waals surface area contributed by atoms with Crippen molar-refractivity contribution < 1.29 is 9.47 Å². The van der Waals surface area contributed by atoms with Crippen molar-refractivity contribution in [2.45, 2.75) is 32.2 Å². The lowest BCUT2D eigenvalue weighted by Gasteiger charge is -2.32. The predicted molar refractivity (Wildman–Crippen MR) is 71.1 cm³/mol. The summed E-state index contributed by atoms with van der Waals surface area (Å²) in [6.07, 6.45) is 0. The highest BCUT2D eigenvalue weighted by atomic mass is 16.5. The average Bonchev–Trinajstić information content (AvgIpc) is 2.36. The molecule has 17 heavy (non-hydrogen) atoms. The summed E-state index contributed by atoms with van der Waals surface area (Å²) in [6, 6.07) is 6.02. The Kier molecular flexibility index (Phi) is 4.40. The maximum absolute atomic E-state index is 5.29. The fourth-order valence-electron chi connectivity index (χ4n) is 1.71. The fraction of sp³-hybridized carbons (Fsp3) is 0.571.